The molecule has 0 radical (unpaired) electrons. The summed E-state index contributed by atoms with van der Waals surface area (Å²) in [5, 5.41) is 0.512. The van der Waals surface area contributed by atoms with Crippen molar-refractivity contribution in [3.05, 3.63) is 72.8 Å². The number of thiocarbonyl (C=S) groups is 1. The Morgan fingerprint density at radius 3 is 2.50 bits per heavy atom. The molecule has 1 aliphatic heterocycles. The Balaban J connectivity index is 1.65. The van der Waals surface area contributed by atoms with Gasteiger partial charge in [0, 0.05) is 12.2 Å². The Kier molecular flexibility index (Phi) is 4.91. The number of hydrogen-bond acceptors (Lipinski definition) is 3. The molecule has 24 heavy (non-hydrogen) atoms. The van der Waals surface area contributed by atoms with Crippen LogP contribution in [-0.2, 0) is 11.4 Å². The first-order chi connectivity index (χ1) is 11.7. The molecule has 0 N–H and O–H groups in total. The number of anilines is 1. The summed E-state index contributed by atoms with van der Waals surface area (Å²) in [5.41, 5.74) is 2.00. The van der Waals surface area contributed by atoms with E-state index in [0.29, 0.717) is 18.3 Å². The van der Waals surface area contributed by atoms with Crippen molar-refractivity contribution in [1.29, 1.82) is 0 Å². The molecule has 0 aromatic heterocycles. The highest BCUT2D eigenvalue weighted by Gasteiger charge is 2.32. The van der Waals surface area contributed by atoms with Crippen LogP contribution >= 0.6 is 12.2 Å². The van der Waals surface area contributed by atoms with Crippen LogP contribution in [0.3, 0.4) is 0 Å². The van der Waals surface area contributed by atoms with Crippen LogP contribution in [0.2, 0.25) is 0 Å². The molecule has 1 heterocycles. The molecule has 5 heteroatoms. The number of rotatable bonds is 6. The van der Waals surface area contributed by atoms with Crippen molar-refractivity contribution in [1.82, 2.24) is 4.90 Å². The van der Waals surface area contributed by atoms with Crippen molar-refractivity contribution in [2.45, 2.75) is 6.61 Å². The second-order valence-electron chi connectivity index (χ2n) is 5.43. The lowest BCUT2D eigenvalue weighted by molar-refractivity contribution is -0.124. The SMILES string of the molecule is C=CCN1C(=O)CN(c2ccc(OCc3ccccc3)cc2)C1=S. The third-order valence-electron chi connectivity index (χ3n) is 3.76. The monoisotopic (exact) mass is 338 g/mol. The molecule has 1 fully saturated rings. The molecule has 0 atom stereocenters. The minimum absolute atomic E-state index is 0.00990. The Morgan fingerprint density at radius 2 is 1.83 bits per heavy atom. The third kappa shape index (κ3) is 3.46. The van der Waals surface area contributed by atoms with E-state index < -0.39 is 0 Å². The van der Waals surface area contributed by atoms with Gasteiger partial charge in [0.25, 0.3) is 0 Å². The van der Waals surface area contributed by atoms with Crippen LogP contribution in [0.25, 0.3) is 0 Å². The van der Waals surface area contributed by atoms with E-state index >= 15 is 0 Å². The molecule has 0 bridgehead atoms. The molecular weight excluding hydrogens is 320 g/mol. The maximum absolute atomic E-state index is 12.0. The second kappa shape index (κ2) is 7.27. The molecule has 3 rings (SSSR count). The summed E-state index contributed by atoms with van der Waals surface area (Å²) in [7, 11) is 0. The van der Waals surface area contributed by atoms with Gasteiger partial charge in [-0.15, -0.1) is 6.58 Å². The second-order valence-corrected chi connectivity index (χ2v) is 5.80. The number of ether oxygens (including phenoxy) is 1. The lowest BCUT2D eigenvalue weighted by Crippen LogP contribution is -2.32. The van der Waals surface area contributed by atoms with Gasteiger partial charge in [0.2, 0.25) is 5.91 Å². The van der Waals surface area contributed by atoms with Crippen molar-refractivity contribution in [3.8, 4) is 5.75 Å². The normalized spacial score (nSPS) is 14.2. The fourth-order valence-corrected chi connectivity index (χ4v) is 2.86. The quantitative estimate of drug-likeness (QED) is 0.597. The maximum Gasteiger partial charge on any atom is 0.249 e. The summed E-state index contributed by atoms with van der Waals surface area (Å²) in [4.78, 5) is 15.4. The summed E-state index contributed by atoms with van der Waals surface area (Å²) in [6.07, 6.45) is 1.67. The number of carbonyl (C=O) groups excluding carboxylic acids is 1. The average molecular weight is 338 g/mol. The summed E-state index contributed by atoms with van der Waals surface area (Å²) >= 11 is 5.39. The third-order valence-corrected chi connectivity index (χ3v) is 4.21. The van der Waals surface area contributed by atoms with Crippen LogP contribution in [0.4, 0.5) is 5.69 Å². The summed E-state index contributed by atoms with van der Waals surface area (Å²) < 4.78 is 5.78. The number of nitrogens with zero attached hydrogens (tertiary/aromatic N) is 2. The predicted molar refractivity (Wildman–Crippen MR) is 99.1 cm³/mol. The van der Waals surface area contributed by atoms with Gasteiger partial charge in [-0.2, -0.15) is 0 Å². The Bertz CT molecular complexity index is 744. The minimum atomic E-state index is -0.00990. The van der Waals surface area contributed by atoms with Gasteiger partial charge in [-0.25, -0.2) is 0 Å². The average Bonchev–Trinajstić information content (AvgIpc) is 2.90. The molecule has 122 valence electrons. The van der Waals surface area contributed by atoms with Crippen LogP contribution in [-0.4, -0.2) is 29.0 Å². The largest absolute Gasteiger partial charge is 0.489 e. The molecule has 1 saturated heterocycles. The lowest BCUT2D eigenvalue weighted by Gasteiger charge is -2.19. The topological polar surface area (TPSA) is 32.8 Å². The zero-order valence-corrected chi connectivity index (χ0v) is 14.0. The maximum atomic E-state index is 12.0. The summed E-state index contributed by atoms with van der Waals surface area (Å²) in [6, 6.07) is 17.6. The molecule has 1 aliphatic rings. The fraction of sp³-hybridized carbons (Fsp3) is 0.158. The van der Waals surface area contributed by atoms with E-state index in [0.717, 1.165) is 17.0 Å². The molecule has 1 amide bonds. The number of benzene rings is 2. The molecule has 0 spiro atoms. The van der Waals surface area contributed by atoms with Gasteiger partial charge in [0.05, 0.1) is 0 Å². The van der Waals surface area contributed by atoms with E-state index in [-0.39, 0.29) is 12.5 Å². The van der Waals surface area contributed by atoms with Gasteiger partial charge in [0.1, 0.15) is 18.9 Å². The molecule has 2 aromatic carbocycles. The van der Waals surface area contributed by atoms with Crippen LogP contribution in [0.15, 0.2) is 67.3 Å². The van der Waals surface area contributed by atoms with E-state index in [1.54, 1.807) is 11.0 Å². The van der Waals surface area contributed by atoms with E-state index in [1.165, 1.54) is 0 Å². The molecule has 2 aromatic rings. The minimum Gasteiger partial charge on any atom is -0.489 e. The molecular formula is C19H18N2O2S. The zero-order valence-electron chi connectivity index (χ0n) is 13.2. The van der Waals surface area contributed by atoms with Gasteiger partial charge in [-0.05, 0) is 42.0 Å². The van der Waals surface area contributed by atoms with Gasteiger partial charge in [0.15, 0.2) is 5.11 Å². The smallest absolute Gasteiger partial charge is 0.249 e. The summed E-state index contributed by atoms with van der Waals surface area (Å²) in [5.74, 6) is 0.770. The number of amides is 1. The number of hydrogen-bond donors (Lipinski definition) is 0. The van der Waals surface area contributed by atoms with Gasteiger partial charge < -0.3 is 9.64 Å². The van der Waals surface area contributed by atoms with Gasteiger partial charge in [-0.1, -0.05) is 36.4 Å². The molecule has 0 unspecified atom stereocenters. The van der Waals surface area contributed by atoms with Crippen molar-refractivity contribution >= 4 is 28.9 Å². The molecule has 4 nitrogen and oxygen atoms in total. The van der Waals surface area contributed by atoms with Gasteiger partial charge >= 0.3 is 0 Å². The summed E-state index contributed by atoms with van der Waals surface area (Å²) in [6.45, 7) is 4.88. The molecule has 0 aliphatic carbocycles. The van der Waals surface area contributed by atoms with Crippen LogP contribution in [0, 0.1) is 0 Å². The molecule has 0 saturated carbocycles. The zero-order chi connectivity index (χ0) is 16.9. The van der Waals surface area contributed by atoms with E-state index in [2.05, 4.69) is 6.58 Å². The van der Waals surface area contributed by atoms with Crippen LogP contribution in [0.1, 0.15) is 5.56 Å². The van der Waals surface area contributed by atoms with Crippen molar-refractivity contribution in [2.75, 3.05) is 18.0 Å². The first kappa shape index (κ1) is 16.2. The highest BCUT2D eigenvalue weighted by molar-refractivity contribution is 7.80. The van der Waals surface area contributed by atoms with E-state index in [1.807, 2.05) is 59.5 Å². The van der Waals surface area contributed by atoms with E-state index in [9.17, 15) is 4.79 Å². The lowest BCUT2D eigenvalue weighted by atomic mass is 10.2. The van der Waals surface area contributed by atoms with Crippen molar-refractivity contribution in [2.24, 2.45) is 0 Å². The predicted octanol–water partition coefficient (Wildman–Crippen LogP) is 3.39. The number of carbonyl (C=O) groups is 1. The van der Waals surface area contributed by atoms with Crippen molar-refractivity contribution < 1.29 is 9.53 Å². The van der Waals surface area contributed by atoms with Crippen LogP contribution < -0.4 is 9.64 Å². The van der Waals surface area contributed by atoms with Gasteiger partial charge in [-0.3, -0.25) is 9.69 Å². The standard InChI is InChI=1S/C19H18N2O2S/c1-2-12-20-18(22)13-21(19(20)24)16-8-10-17(11-9-16)23-14-15-6-4-3-5-7-15/h2-11H,1,12-14H2. The Hall–Kier alpha value is -2.66. The van der Waals surface area contributed by atoms with E-state index in [4.69, 9.17) is 17.0 Å². The van der Waals surface area contributed by atoms with Crippen LogP contribution in [0.5, 0.6) is 5.75 Å². The first-order valence-electron chi connectivity index (χ1n) is 7.68. The van der Waals surface area contributed by atoms with Crippen molar-refractivity contribution in [3.63, 3.8) is 0 Å². The Labute approximate surface area is 147 Å². The Morgan fingerprint density at radius 1 is 1.12 bits per heavy atom. The first-order valence-corrected chi connectivity index (χ1v) is 8.09. The highest BCUT2D eigenvalue weighted by Crippen LogP contribution is 2.24. The fourth-order valence-electron chi connectivity index (χ4n) is 2.51. The highest BCUT2D eigenvalue weighted by atomic mass is 32.1.